The molecule has 0 aliphatic carbocycles. The van der Waals surface area contributed by atoms with Crippen molar-refractivity contribution >= 4 is 39.2 Å². The van der Waals surface area contributed by atoms with Crippen LogP contribution in [-0.2, 0) is 16.1 Å². The van der Waals surface area contributed by atoms with Crippen molar-refractivity contribution in [3.05, 3.63) is 68.5 Å². The van der Waals surface area contributed by atoms with Crippen LogP contribution >= 0.6 is 11.3 Å². The molecule has 3 aromatic rings. The topological polar surface area (TPSA) is 90.3 Å². The molecule has 0 aliphatic heterocycles. The van der Waals surface area contributed by atoms with Gasteiger partial charge in [-0.3, -0.25) is 14.2 Å². The summed E-state index contributed by atoms with van der Waals surface area (Å²) in [6, 6.07) is 5.54. The molecule has 7 nitrogen and oxygen atoms in total. The number of benzene rings is 1. The minimum absolute atomic E-state index is 0.0973. The molecule has 0 spiro atoms. The zero-order valence-corrected chi connectivity index (χ0v) is 18.2. The van der Waals surface area contributed by atoms with Crippen LogP contribution in [0.1, 0.15) is 32.1 Å². The van der Waals surface area contributed by atoms with Crippen LogP contribution in [0, 0.1) is 27.7 Å². The maximum absolute atomic E-state index is 12.7. The lowest BCUT2D eigenvalue weighted by Crippen LogP contribution is -2.28. The number of carbonyl (C=O) groups excluding carboxylic acids is 2. The number of anilines is 1. The Labute approximate surface area is 178 Å². The maximum atomic E-state index is 12.7. The standard InChI is InChI=1S/C22H23N3O4S/c1-6-7-29-21(28)20-15(5)23-22(30-20)24-17(26)11-25-18(27)10-13(3)16-9-12(2)8-14(4)19(16)25/h6,8-10H,1,7,11H2,2-5H3,(H,23,24,26). The normalized spacial score (nSPS) is 10.8. The van der Waals surface area contributed by atoms with Gasteiger partial charge in [0.2, 0.25) is 5.91 Å². The van der Waals surface area contributed by atoms with E-state index in [1.54, 1.807) is 6.92 Å². The summed E-state index contributed by atoms with van der Waals surface area (Å²) in [4.78, 5) is 41.9. The highest BCUT2D eigenvalue weighted by molar-refractivity contribution is 7.17. The summed E-state index contributed by atoms with van der Waals surface area (Å²) in [6.45, 7) is 10.9. The average Bonchev–Trinajstić information content (AvgIpc) is 3.03. The van der Waals surface area contributed by atoms with Crippen molar-refractivity contribution in [2.24, 2.45) is 0 Å². The van der Waals surface area contributed by atoms with Crippen molar-refractivity contribution < 1.29 is 14.3 Å². The van der Waals surface area contributed by atoms with E-state index in [0.29, 0.717) is 10.6 Å². The third-order valence-corrected chi connectivity index (χ3v) is 5.66. The zero-order chi connectivity index (χ0) is 22.0. The highest BCUT2D eigenvalue weighted by Crippen LogP contribution is 2.25. The van der Waals surface area contributed by atoms with Gasteiger partial charge in [0.15, 0.2) is 5.13 Å². The third kappa shape index (κ3) is 4.33. The number of hydrogen-bond acceptors (Lipinski definition) is 6. The number of amides is 1. The number of hydrogen-bond donors (Lipinski definition) is 1. The molecule has 30 heavy (non-hydrogen) atoms. The average molecular weight is 426 g/mol. The molecule has 1 N–H and O–H groups in total. The first-order valence-corrected chi connectivity index (χ1v) is 10.2. The highest BCUT2D eigenvalue weighted by Gasteiger charge is 2.19. The molecule has 0 fully saturated rings. The number of ether oxygens (including phenoxy) is 1. The quantitative estimate of drug-likeness (QED) is 0.481. The summed E-state index contributed by atoms with van der Waals surface area (Å²) in [7, 11) is 0. The first kappa shape index (κ1) is 21.4. The molecule has 156 valence electrons. The van der Waals surface area contributed by atoms with Gasteiger partial charge in [-0.25, -0.2) is 9.78 Å². The highest BCUT2D eigenvalue weighted by atomic mass is 32.1. The number of nitrogens with one attached hydrogen (secondary N) is 1. The second kappa shape index (κ2) is 8.62. The number of esters is 1. The van der Waals surface area contributed by atoms with Crippen LogP contribution in [0.15, 0.2) is 35.6 Å². The lowest BCUT2D eigenvalue weighted by Gasteiger charge is -2.14. The van der Waals surface area contributed by atoms with Crippen LogP contribution in [0.2, 0.25) is 0 Å². The molecular formula is C22H23N3O4S. The fourth-order valence-corrected chi connectivity index (χ4v) is 4.25. The molecule has 8 heteroatoms. The lowest BCUT2D eigenvalue weighted by molar-refractivity contribution is -0.116. The largest absolute Gasteiger partial charge is 0.457 e. The van der Waals surface area contributed by atoms with Gasteiger partial charge in [0.25, 0.3) is 5.56 Å². The van der Waals surface area contributed by atoms with Crippen molar-refractivity contribution in [1.29, 1.82) is 0 Å². The number of pyridine rings is 1. The maximum Gasteiger partial charge on any atom is 0.350 e. The van der Waals surface area contributed by atoms with Gasteiger partial charge in [0.1, 0.15) is 18.0 Å². The van der Waals surface area contributed by atoms with Gasteiger partial charge in [0.05, 0.1) is 11.2 Å². The summed E-state index contributed by atoms with van der Waals surface area (Å²) in [5, 5.41) is 3.90. The predicted octanol–water partition coefficient (Wildman–Crippen LogP) is 3.67. The van der Waals surface area contributed by atoms with E-state index in [-0.39, 0.29) is 23.8 Å². The summed E-state index contributed by atoms with van der Waals surface area (Å²) in [6.07, 6.45) is 1.48. The molecule has 0 bridgehead atoms. The van der Waals surface area contributed by atoms with Gasteiger partial charge in [-0.2, -0.15) is 0 Å². The van der Waals surface area contributed by atoms with Crippen LogP contribution in [0.3, 0.4) is 0 Å². The van der Waals surface area contributed by atoms with Gasteiger partial charge in [0, 0.05) is 11.5 Å². The minimum atomic E-state index is -0.517. The Morgan fingerprint density at radius 1 is 1.20 bits per heavy atom. The van der Waals surface area contributed by atoms with Crippen LogP contribution in [0.5, 0.6) is 0 Å². The zero-order valence-electron chi connectivity index (χ0n) is 17.4. The monoisotopic (exact) mass is 425 g/mol. The molecule has 0 radical (unpaired) electrons. The van der Waals surface area contributed by atoms with Crippen LogP contribution in [-0.4, -0.2) is 28.0 Å². The van der Waals surface area contributed by atoms with Crippen molar-refractivity contribution in [3.8, 4) is 0 Å². The van der Waals surface area contributed by atoms with Crippen molar-refractivity contribution in [2.75, 3.05) is 11.9 Å². The summed E-state index contributed by atoms with van der Waals surface area (Å²) >= 11 is 1.03. The van der Waals surface area contributed by atoms with Gasteiger partial charge in [-0.15, -0.1) is 0 Å². The third-order valence-electron chi connectivity index (χ3n) is 4.61. The molecule has 0 saturated heterocycles. The number of fused-ring (bicyclic) bond motifs is 1. The Kier molecular flexibility index (Phi) is 6.17. The van der Waals surface area contributed by atoms with Gasteiger partial charge >= 0.3 is 5.97 Å². The molecule has 0 unspecified atom stereocenters. The number of nitrogens with zero attached hydrogens (tertiary/aromatic N) is 2. The van der Waals surface area contributed by atoms with Gasteiger partial charge in [-0.1, -0.05) is 35.6 Å². The summed E-state index contributed by atoms with van der Waals surface area (Å²) in [5.41, 5.74) is 3.85. The van der Waals surface area contributed by atoms with E-state index in [0.717, 1.165) is 38.9 Å². The number of rotatable bonds is 6. The van der Waals surface area contributed by atoms with E-state index in [1.165, 1.54) is 16.7 Å². The Morgan fingerprint density at radius 2 is 1.93 bits per heavy atom. The fraction of sp³-hybridized carbons (Fsp3) is 0.273. The SMILES string of the molecule is C=CCOC(=O)c1sc(NC(=O)Cn2c(=O)cc(C)c3cc(C)cc(C)c32)nc1C. The number of carbonyl (C=O) groups is 2. The Bertz CT molecular complexity index is 1220. The van der Waals surface area contributed by atoms with E-state index in [9.17, 15) is 14.4 Å². The van der Waals surface area contributed by atoms with Crippen LogP contribution < -0.4 is 10.9 Å². The Morgan fingerprint density at radius 3 is 2.63 bits per heavy atom. The smallest absolute Gasteiger partial charge is 0.350 e. The number of aryl methyl sites for hydroxylation is 4. The first-order valence-electron chi connectivity index (χ1n) is 9.38. The van der Waals surface area contributed by atoms with Crippen molar-refractivity contribution in [2.45, 2.75) is 34.2 Å². The number of thiazole rings is 1. The molecule has 2 heterocycles. The molecule has 1 amide bonds. The Balaban J connectivity index is 1.87. The molecule has 0 aliphatic rings. The summed E-state index contributed by atoms with van der Waals surface area (Å²) < 4.78 is 6.49. The van der Waals surface area contributed by atoms with Crippen molar-refractivity contribution in [1.82, 2.24) is 9.55 Å². The molecule has 0 saturated carbocycles. The first-order chi connectivity index (χ1) is 14.2. The number of aromatic nitrogens is 2. The van der Waals surface area contributed by atoms with E-state index in [4.69, 9.17) is 4.74 Å². The van der Waals surface area contributed by atoms with Gasteiger partial charge < -0.3 is 10.1 Å². The van der Waals surface area contributed by atoms with E-state index in [2.05, 4.69) is 16.9 Å². The second-order valence-corrected chi connectivity index (χ2v) is 8.10. The van der Waals surface area contributed by atoms with Crippen LogP contribution in [0.25, 0.3) is 10.9 Å². The molecule has 1 aromatic carbocycles. The van der Waals surface area contributed by atoms with Crippen molar-refractivity contribution in [3.63, 3.8) is 0 Å². The lowest BCUT2D eigenvalue weighted by atomic mass is 10.0. The fourth-order valence-electron chi connectivity index (χ4n) is 3.37. The van der Waals surface area contributed by atoms with Gasteiger partial charge in [-0.05, 0) is 44.9 Å². The minimum Gasteiger partial charge on any atom is -0.457 e. The molecule has 0 atom stereocenters. The molecular weight excluding hydrogens is 402 g/mol. The van der Waals surface area contributed by atoms with E-state index < -0.39 is 11.9 Å². The summed E-state index contributed by atoms with van der Waals surface area (Å²) in [5.74, 6) is -0.917. The predicted molar refractivity (Wildman–Crippen MR) is 118 cm³/mol. The van der Waals surface area contributed by atoms with E-state index >= 15 is 0 Å². The Hall–Kier alpha value is -3.26. The van der Waals surface area contributed by atoms with E-state index in [1.807, 2.05) is 32.9 Å². The second-order valence-electron chi connectivity index (χ2n) is 7.10. The molecule has 2 aromatic heterocycles. The molecule has 3 rings (SSSR count). The van der Waals surface area contributed by atoms with Crippen LogP contribution in [0.4, 0.5) is 5.13 Å².